The molecule has 61 heavy (non-hydrogen) atoms. The van der Waals surface area contributed by atoms with E-state index in [4.69, 9.17) is 34.1 Å². The third-order valence-corrected chi connectivity index (χ3v) is 11.0. The Kier molecular flexibility index (Phi) is 11.1. The van der Waals surface area contributed by atoms with Crippen molar-refractivity contribution in [2.45, 2.75) is 20.5 Å². The van der Waals surface area contributed by atoms with Gasteiger partial charge in [-0.15, -0.1) is 0 Å². The van der Waals surface area contributed by atoms with Gasteiger partial charge in [0.05, 0.1) is 22.2 Å². The number of phenols is 2. The largest absolute Gasteiger partial charge is 0.507 e. The molecule has 2 saturated heterocycles. The zero-order chi connectivity index (χ0) is 41.9. The van der Waals surface area contributed by atoms with Crippen molar-refractivity contribution in [2.24, 2.45) is 0 Å². The Hall–Kier alpha value is -7.19. The molecule has 0 saturated carbocycles. The number of aryl methyl sites for hydroxylation is 2. The number of anilines is 2. The van der Waals surface area contributed by atoms with Crippen molar-refractivity contribution in [1.29, 1.82) is 0 Å². The second kappa shape index (κ2) is 17.2. The molecule has 5 heterocycles. The maximum atomic E-state index is 12.8. The number of piperazine rings is 2. The highest BCUT2D eigenvalue weighted by atomic mass is 16.7. The molecule has 2 aromatic heterocycles. The number of carbonyl (C=O) groups excluding carboxylic acids is 1. The molecule has 3 aliphatic rings. The molecule has 0 bridgehead atoms. The van der Waals surface area contributed by atoms with E-state index in [-0.39, 0.29) is 31.0 Å². The minimum absolute atomic E-state index is 0.116. The Morgan fingerprint density at radius 2 is 1.21 bits per heavy atom. The number of hydrogen-bond acceptors (Lipinski definition) is 13. The quantitative estimate of drug-likeness (QED) is 0.155. The van der Waals surface area contributed by atoms with Crippen LogP contribution in [0.2, 0.25) is 0 Å². The van der Waals surface area contributed by atoms with Gasteiger partial charge in [0.15, 0.2) is 23.1 Å². The third-order valence-electron chi connectivity index (χ3n) is 11.0. The molecule has 14 heteroatoms. The second-order valence-corrected chi connectivity index (χ2v) is 15.2. The molecule has 0 spiro atoms. The first-order valence-corrected chi connectivity index (χ1v) is 20.4. The van der Waals surface area contributed by atoms with Crippen molar-refractivity contribution in [1.82, 2.24) is 30.2 Å². The van der Waals surface area contributed by atoms with Gasteiger partial charge >= 0.3 is 6.09 Å². The zero-order valence-corrected chi connectivity index (χ0v) is 34.0. The summed E-state index contributed by atoms with van der Waals surface area (Å²) in [6.07, 6.45) is -0.366. The molecule has 14 nitrogen and oxygen atoms in total. The first-order chi connectivity index (χ1) is 29.8. The van der Waals surface area contributed by atoms with E-state index in [1.807, 2.05) is 67.6 Å². The van der Waals surface area contributed by atoms with Crippen LogP contribution in [-0.4, -0.2) is 100 Å². The summed E-state index contributed by atoms with van der Waals surface area (Å²) in [4.78, 5) is 38.1. The van der Waals surface area contributed by atoms with Crippen LogP contribution in [0.25, 0.3) is 44.6 Å². The van der Waals surface area contributed by atoms with Gasteiger partial charge in [0.2, 0.25) is 6.79 Å². The number of ether oxygens (including phenoxy) is 3. The van der Waals surface area contributed by atoms with Gasteiger partial charge in [-0.3, -0.25) is 0 Å². The first-order valence-electron chi connectivity index (χ1n) is 20.4. The van der Waals surface area contributed by atoms with Crippen LogP contribution in [0.1, 0.15) is 16.7 Å². The average Bonchev–Trinajstić information content (AvgIpc) is 3.78. The molecule has 5 aromatic carbocycles. The lowest BCUT2D eigenvalue weighted by atomic mass is 10.1. The third kappa shape index (κ3) is 8.35. The van der Waals surface area contributed by atoms with E-state index in [9.17, 15) is 15.0 Å². The number of aromatic nitrogens is 4. The summed E-state index contributed by atoms with van der Waals surface area (Å²) in [6, 6.07) is 32.2. The zero-order valence-electron chi connectivity index (χ0n) is 34.0. The van der Waals surface area contributed by atoms with Crippen LogP contribution in [0.4, 0.5) is 16.4 Å². The van der Waals surface area contributed by atoms with Crippen LogP contribution in [0.3, 0.4) is 0 Å². The minimum atomic E-state index is -0.366. The number of phenolic OH excluding ortho intramolecular Hbond substituents is 2. The van der Waals surface area contributed by atoms with E-state index in [1.54, 1.807) is 29.2 Å². The van der Waals surface area contributed by atoms with E-state index in [2.05, 4.69) is 40.2 Å². The number of carbonyl (C=O) groups is 1. The van der Waals surface area contributed by atoms with Gasteiger partial charge in [-0.1, -0.05) is 48.5 Å². The van der Waals surface area contributed by atoms with Gasteiger partial charge in [0.25, 0.3) is 0 Å². The average molecular weight is 819 g/mol. The van der Waals surface area contributed by atoms with Gasteiger partial charge in [0, 0.05) is 68.7 Å². The van der Waals surface area contributed by atoms with Crippen molar-refractivity contribution in [3.63, 3.8) is 0 Å². The summed E-state index contributed by atoms with van der Waals surface area (Å²) in [6.45, 7) is 10.3. The molecule has 3 aliphatic heterocycles. The molecular formula is C47H46N8O6. The number of para-hydroxylation sites is 3. The fraction of sp³-hybridized carbons (Fsp3) is 0.255. The van der Waals surface area contributed by atoms with Gasteiger partial charge in [-0.05, 0) is 79.6 Å². The SMILES string of the molecule is Cc1ccc2c(N3CCN(C(=O)OCc4cccc5c4OCO5)CC3)nc(-c3ccccc3O)nc2c1.Cc1ccc2c(N3CCNCC3)nc(-c3ccccc3O)nc2c1. The smallest absolute Gasteiger partial charge is 0.410 e. The van der Waals surface area contributed by atoms with Gasteiger partial charge in [-0.25, -0.2) is 24.7 Å². The molecule has 310 valence electrons. The van der Waals surface area contributed by atoms with Crippen LogP contribution in [0, 0.1) is 13.8 Å². The topological polar surface area (TPSA) is 159 Å². The fourth-order valence-corrected chi connectivity index (χ4v) is 7.81. The Bertz CT molecular complexity index is 2730. The Morgan fingerprint density at radius 3 is 1.79 bits per heavy atom. The van der Waals surface area contributed by atoms with Gasteiger partial charge < -0.3 is 44.4 Å². The molecule has 1 amide bonds. The van der Waals surface area contributed by atoms with E-state index >= 15 is 0 Å². The molecule has 0 aliphatic carbocycles. The highest BCUT2D eigenvalue weighted by Crippen LogP contribution is 2.37. The van der Waals surface area contributed by atoms with Gasteiger partial charge in [0.1, 0.15) is 29.7 Å². The standard InChI is InChI=1S/C28H26N4O5.C19H20N4O/c1-18-9-10-20-22(15-18)29-26(21-6-2-3-7-23(21)33)30-27(20)31-11-13-32(14-12-31)28(34)35-16-19-5-4-8-24-25(19)37-17-36-24;1-13-6-7-14-16(12-13)21-18(15-4-2-3-5-17(15)24)22-19(14)23-10-8-20-9-11-23/h2-10,15,33H,11-14,16-17H2,1H3;2-7,12,20,24H,8-11H2,1H3. The number of benzene rings is 5. The van der Waals surface area contributed by atoms with E-state index in [0.29, 0.717) is 60.5 Å². The summed E-state index contributed by atoms with van der Waals surface area (Å²) < 4.78 is 16.5. The van der Waals surface area contributed by atoms with Crippen LogP contribution in [0.5, 0.6) is 23.0 Å². The number of aromatic hydroxyl groups is 2. The highest BCUT2D eigenvalue weighted by molar-refractivity contribution is 5.93. The Balaban J connectivity index is 0.000000171. The lowest BCUT2D eigenvalue weighted by molar-refractivity contribution is 0.0931. The van der Waals surface area contributed by atoms with Crippen molar-refractivity contribution >= 4 is 39.5 Å². The molecule has 7 aromatic rings. The number of amides is 1. The molecule has 0 radical (unpaired) electrons. The van der Waals surface area contributed by atoms with E-state index in [1.165, 1.54) is 0 Å². The number of nitrogens with zero attached hydrogens (tertiary/aromatic N) is 7. The molecular weight excluding hydrogens is 773 g/mol. The van der Waals surface area contributed by atoms with Crippen molar-refractivity contribution in [2.75, 3.05) is 69.0 Å². The number of rotatable bonds is 6. The van der Waals surface area contributed by atoms with Crippen molar-refractivity contribution in [3.05, 3.63) is 120 Å². The first kappa shape index (κ1) is 39.3. The minimum Gasteiger partial charge on any atom is -0.507 e. The predicted molar refractivity (Wildman–Crippen MR) is 234 cm³/mol. The molecule has 3 N–H and O–H groups in total. The molecule has 2 fully saturated rings. The van der Waals surface area contributed by atoms with Crippen molar-refractivity contribution in [3.8, 4) is 45.8 Å². The Morgan fingerprint density at radius 1 is 0.656 bits per heavy atom. The monoisotopic (exact) mass is 818 g/mol. The maximum Gasteiger partial charge on any atom is 0.410 e. The van der Waals surface area contributed by atoms with Crippen LogP contribution >= 0.6 is 0 Å². The van der Waals surface area contributed by atoms with Crippen molar-refractivity contribution < 1.29 is 29.2 Å². The Labute approximate surface area is 353 Å². The summed E-state index contributed by atoms with van der Waals surface area (Å²) >= 11 is 0. The predicted octanol–water partition coefficient (Wildman–Crippen LogP) is 7.22. The molecule has 0 unspecified atom stereocenters. The lowest BCUT2D eigenvalue weighted by Gasteiger charge is -2.35. The lowest BCUT2D eigenvalue weighted by Crippen LogP contribution is -2.49. The van der Waals surface area contributed by atoms with Gasteiger partial charge in [-0.2, -0.15) is 0 Å². The summed E-state index contributed by atoms with van der Waals surface area (Å²) in [5.41, 5.74) is 6.00. The van der Waals surface area contributed by atoms with Crippen LogP contribution in [0.15, 0.2) is 103 Å². The fourth-order valence-electron chi connectivity index (χ4n) is 7.81. The van der Waals surface area contributed by atoms with E-state index < -0.39 is 0 Å². The van der Waals surface area contributed by atoms with Crippen LogP contribution < -0.4 is 24.6 Å². The molecule has 0 atom stereocenters. The second-order valence-electron chi connectivity index (χ2n) is 15.2. The number of fused-ring (bicyclic) bond motifs is 3. The normalized spacial score (nSPS) is 14.8. The highest BCUT2D eigenvalue weighted by Gasteiger charge is 2.27. The maximum absolute atomic E-state index is 12.8. The van der Waals surface area contributed by atoms with E-state index in [0.717, 1.165) is 76.3 Å². The molecule has 10 rings (SSSR count). The summed E-state index contributed by atoms with van der Waals surface area (Å²) in [7, 11) is 0. The number of hydrogen-bond donors (Lipinski definition) is 3. The van der Waals surface area contributed by atoms with Crippen LogP contribution in [-0.2, 0) is 11.3 Å². The summed E-state index contributed by atoms with van der Waals surface area (Å²) in [5.74, 6) is 4.40. The number of nitrogens with one attached hydrogen (secondary N) is 1. The summed E-state index contributed by atoms with van der Waals surface area (Å²) in [5, 5.41) is 26.0.